The lowest BCUT2D eigenvalue weighted by atomic mass is 10.0. The molecular weight excluding hydrogens is 751 g/mol. The molecule has 0 amide bonds. The molecule has 0 spiro atoms. The molecule has 1 saturated carbocycles. The van der Waals surface area contributed by atoms with Crippen molar-refractivity contribution in [1.29, 1.82) is 0 Å². The minimum absolute atomic E-state index is 0.0189. The Hall–Kier alpha value is -2.93. The summed E-state index contributed by atoms with van der Waals surface area (Å²) in [7, 11) is -6.92. The number of nitrogens with zero attached hydrogens (tertiary/aromatic N) is 2. The molecule has 3 aromatic rings. The number of hydrogen-bond acceptors (Lipinski definition) is 10. The van der Waals surface area contributed by atoms with Crippen molar-refractivity contribution in [2.24, 2.45) is 5.92 Å². The first-order valence-corrected chi connectivity index (χ1v) is 19.6. The molecule has 1 aliphatic carbocycles. The van der Waals surface area contributed by atoms with Crippen molar-refractivity contribution in [1.82, 2.24) is 9.03 Å². The normalized spacial score (nSPS) is 17.9. The van der Waals surface area contributed by atoms with Gasteiger partial charge in [0.15, 0.2) is 23.9 Å². The minimum Gasteiger partial charge on any atom is -0.619 e. The summed E-state index contributed by atoms with van der Waals surface area (Å²) in [5.41, 5.74) is 0.506. The maximum absolute atomic E-state index is 13.9. The van der Waals surface area contributed by atoms with Crippen LogP contribution in [0.4, 0.5) is 8.78 Å². The van der Waals surface area contributed by atoms with E-state index in [1.165, 1.54) is 37.0 Å². The van der Waals surface area contributed by atoms with E-state index in [4.69, 9.17) is 32.7 Å². The molecule has 2 aromatic carbocycles. The molecule has 1 aromatic heterocycles. The van der Waals surface area contributed by atoms with E-state index in [-0.39, 0.29) is 73.7 Å². The van der Waals surface area contributed by atoms with Crippen molar-refractivity contribution in [3.63, 3.8) is 0 Å². The molecule has 2 aliphatic rings. The van der Waals surface area contributed by atoms with Crippen LogP contribution >= 0.6 is 35.0 Å². The average molecular weight is 783 g/mol. The molecule has 49 heavy (non-hydrogen) atoms. The average Bonchev–Trinajstić information content (AvgIpc) is 3.90. The number of benzene rings is 2. The third-order valence-corrected chi connectivity index (χ3v) is 12.8. The van der Waals surface area contributed by atoms with Gasteiger partial charge in [0.05, 0.1) is 16.4 Å². The number of halogens is 4. The number of carbonyl (C=O) groups excluding carboxylic acids is 1. The summed E-state index contributed by atoms with van der Waals surface area (Å²) in [4.78, 5) is 13.5. The van der Waals surface area contributed by atoms with Crippen molar-refractivity contribution in [2.45, 2.75) is 47.8 Å². The third-order valence-electron chi connectivity index (χ3n) is 7.79. The Morgan fingerprint density at radius 3 is 2.33 bits per heavy atom. The first-order valence-electron chi connectivity index (χ1n) is 14.8. The van der Waals surface area contributed by atoms with Gasteiger partial charge in [-0.2, -0.15) is 29.6 Å². The third kappa shape index (κ3) is 9.06. The van der Waals surface area contributed by atoms with Gasteiger partial charge in [-0.25, -0.2) is 21.6 Å². The Morgan fingerprint density at radius 1 is 1.06 bits per heavy atom. The standard InChI is InChI=1S/C30H31Cl2F2N3O9S3/c1-35-48(40,41)20-5-7-21(8-6-20)49(42,43)37-10-11-47-17-25(37)29(38)45-27(13-22-23(31)14-36(39)15-24(22)32)19-4-9-26(46-30(33)34)28(12-19)44-16-18-2-3-18/h4-9,12,14-15,18,25,27,30,35H,2-3,10-11,13,16-17H2,1H3/t25?,27-/m0/s1. The van der Waals surface area contributed by atoms with Crippen LogP contribution < -0.4 is 18.9 Å². The quantitative estimate of drug-likeness (QED) is 0.140. The van der Waals surface area contributed by atoms with E-state index in [0.717, 1.165) is 53.8 Å². The van der Waals surface area contributed by atoms with Crippen LogP contribution in [0.2, 0.25) is 10.0 Å². The van der Waals surface area contributed by atoms with E-state index in [2.05, 4.69) is 9.46 Å². The molecular formula is C30H31Cl2F2N3O9S3. The number of thioether (sulfide) groups is 1. The number of carbonyl (C=O) groups is 1. The lowest BCUT2D eigenvalue weighted by Crippen LogP contribution is -2.51. The molecule has 5 rings (SSSR count). The maximum atomic E-state index is 13.9. The number of alkyl halides is 2. The van der Waals surface area contributed by atoms with Gasteiger partial charge in [-0.05, 0) is 67.8 Å². The predicted octanol–water partition coefficient (Wildman–Crippen LogP) is 4.56. The van der Waals surface area contributed by atoms with Crippen LogP contribution in [0.3, 0.4) is 0 Å². The van der Waals surface area contributed by atoms with Gasteiger partial charge in [0.25, 0.3) is 0 Å². The van der Waals surface area contributed by atoms with E-state index in [1.807, 2.05) is 0 Å². The molecule has 1 N–H and O–H groups in total. The minimum atomic E-state index is -4.32. The van der Waals surface area contributed by atoms with Crippen LogP contribution in [0.5, 0.6) is 11.5 Å². The summed E-state index contributed by atoms with van der Waals surface area (Å²) < 4.78 is 98.3. The summed E-state index contributed by atoms with van der Waals surface area (Å²) in [6.07, 6.45) is 2.57. The Balaban J connectivity index is 1.48. The second-order valence-electron chi connectivity index (χ2n) is 11.1. The van der Waals surface area contributed by atoms with Crippen molar-refractivity contribution in [3.8, 4) is 11.5 Å². The van der Waals surface area contributed by atoms with E-state index in [0.29, 0.717) is 10.5 Å². The topological polar surface area (TPSA) is 155 Å². The zero-order chi connectivity index (χ0) is 35.5. The fourth-order valence-corrected chi connectivity index (χ4v) is 9.13. The first kappa shape index (κ1) is 37.3. The van der Waals surface area contributed by atoms with Gasteiger partial charge in [-0.15, -0.1) is 0 Å². The van der Waals surface area contributed by atoms with Gasteiger partial charge < -0.3 is 19.4 Å². The zero-order valence-electron chi connectivity index (χ0n) is 25.8. The molecule has 1 unspecified atom stereocenters. The Kier molecular flexibility index (Phi) is 11.8. The summed E-state index contributed by atoms with van der Waals surface area (Å²) in [5, 5.41) is 11.8. The molecule has 1 saturated heterocycles. The lowest BCUT2D eigenvalue weighted by molar-refractivity contribution is -0.605. The van der Waals surface area contributed by atoms with Crippen molar-refractivity contribution < 1.29 is 49.4 Å². The second-order valence-corrected chi connectivity index (χ2v) is 16.9. The smallest absolute Gasteiger partial charge is 0.387 e. The van der Waals surface area contributed by atoms with Gasteiger partial charge in [0.1, 0.15) is 22.2 Å². The van der Waals surface area contributed by atoms with Gasteiger partial charge in [-0.3, -0.25) is 4.79 Å². The number of rotatable bonds is 14. The highest BCUT2D eigenvalue weighted by Gasteiger charge is 2.40. The molecule has 1 aliphatic heterocycles. The van der Waals surface area contributed by atoms with E-state index in [9.17, 15) is 35.6 Å². The molecule has 2 heterocycles. The Labute approximate surface area is 296 Å². The number of ether oxygens (including phenoxy) is 3. The Morgan fingerprint density at radius 2 is 1.71 bits per heavy atom. The molecule has 0 radical (unpaired) electrons. The van der Waals surface area contributed by atoms with Crippen molar-refractivity contribution >= 4 is 61.0 Å². The number of pyridine rings is 1. The summed E-state index contributed by atoms with van der Waals surface area (Å²) in [6.45, 7) is -2.93. The Bertz CT molecular complexity index is 1880. The van der Waals surface area contributed by atoms with Crippen LogP contribution in [0.15, 0.2) is 64.6 Å². The predicted molar refractivity (Wildman–Crippen MR) is 177 cm³/mol. The largest absolute Gasteiger partial charge is 0.619 e. The van der Waals surface area contributed by atoms with Gasteiger partial charge in [0, 0.05) is 30.0 Å². The highest BCUT2D eigenvalue weighted by atomic mass is 35.5. The first-order chi connectivity index (χ1) is 23.2. The summed E-state index contributed by atoms with van der Waals surface area (Å²) in [6, 6.07) is 7.29. The van der Waals surface area contributed by atoms with Gasteiger partial charge in [0.2, 0.25) is 20.0 Å². The SMILES string of the molecule is CNS(=O)(=O)c1ccc(S(=O)(=O)N2CCSCC2C(=O)O[C@@H](Cc2c(Cl)c[n+]([O-])cc2Cl)c2ccc(OC(F)F)c(OCC3CC3)c2)cc1. The van der Waals surface area contributed by atoms with Crippen LogP contribution in [0.1, 0.15) is 30.1 Å². The second kappa shape index (κ2) is 15.5. The monoisotopic (exact) mass is 781 g/mol. The van der Waals surface area contributed by atoms with Crippen molar-refractivity contribution in [3.05, 3.63) is 81.2 Å². The van der Waals surface area contributed by atoms with Gasteiger partial charge in [-0.1, -0.05) is 29.3 Å². The number of nitrogens with one attached hydrogen (secondary N) is 1. The molecule has 0 bridgehead atoms. The maximum Gasteiger partial charge on any atom is 0.387 e. The van der Waals surface area contributed by atoms with Crippen molar-refractivity contribution in [2.75, 3.05) is 31.7 Å². The lowest BCUT2D eigenvalue weighted by Gasteiger charge is -2.34. The molecule has 2 atom stereocenters. The number of esters is 1. The van der Waals surface area contributed by atoms with Gasteiger partial charge >= 0.3 is 12.6 Å². The molecule has 266 valence electrons. The number of hydrogen-bond donors (Lipinski definition) is 1. The fourth-order valence-electron chi connectivity index (χ4n) is 4.99. The van der Waals surface area contributed by atoms with Crippen LogP contribution in [-0.2, 0) is 36.0 Å². The summed E-state index contributed by atoms with van der Waals surface area (Å²) in [5.74, 6) is -0.506. The highest BCUT2D eigenvalue weighted by molar-refractivity contribution is 7.99. The number of sulfonamides is 2. The fraction of sp³-hybridized carbons (Fsp3) is 0.400. The van der Waals surface area contributed by atoms with E-state index < -0.39 is 44.8 Å². The molecule has 2 fully saturated rings. The van der Waals surface area contributed by atoms with Crippen LogP contribution in [-0.4, -0.2) is 71.5 Å². The van der Waals surface area contributed by atoms with Crippen LogP contribution in [0.25, 0.3) is 0 Å². The molecule has 19 heteroatoms. The zero-order valence-corrected chi connectivity index (χ0v) is 29.7. The summed E-state index contributed by atoms with van der Waals surface area (Å²) >= 11 is 14.0. The van der Waals surface area contributed by atoms with E-state index in [1.54, 1.807) is 0 Å². The van der Waals surface area contributed by atoms with E-state index >= 15 is 0 Å². The molecule has 12 nitrogen and oxygen atoms in total. The highest BCUT2D eigenvalue weighted by Crippen LogP contribution is 2.38. The number of aromatic nitrogens is 1. The van der Waals surface area contributed by atoms with Crippen LogP contribution in [0, 0.1) is 11.1 Å².